The minimum absolute atomic E-state index is 0.257. The maximum atomic E-state index is 12.9. The molecule has 0 atom stereocenters. The first-order chi connectivity index (χ1) is 15.1. The SMILES string of the molecule is Cc1c(Cl)c(C(F)(F)F)nn1CCCNC(=S)Nc1nn(Cc2ccccc2Cl)cc1Br. The van der Waals surface area contributed by atoms with Crippen LogP contribution in [0.2, 0.25) is 10.0 Å². The van der Waals surface area contributed by atoms with Gasteiger partial charge in [0.25, 0.3) is 0 Å². The van der Waals surface area contributed by atoms with Crippen molar-refractivity contribution in [3.8, 4) is 0 Å². The standard InChI is InChI=1S/C19H18BrCl2F3N6S/c1-11-15(22)16(19(23,24)25)28-31(11)8-4-7-26-18(32)27-17-13(20)10-30(29-17)9-12-5-2-3-6-14(12)21/h2-3,5-6,10H,4,7-9H2,1H3,(H2,26,27,29,32). The van der Waals surface area contributed by atoms with E-state index in [-0.39, 0.29) is 17.3 Å². The van der Waals surface area contributed by atoms with Gasteiger partial charge in [-0.15, -0.1) is 0 Å². The van der Waals surface area contributed by atoms with Crippen molar-refractivity contribution < 1.29 is 13.2 Å². The van der Waals surface area contributed by atoms with Gasteiger partial charge in [0.2, 0.25) is 0 Å². The van der Waals surface area contributed by atoms with E-state index in [4.69, 9.17) is 35.4 Å². The lowest BCUT2D eigenvalue weighted by Gasteiger charge is -2.10. The summed E-state index contributed by atoms with van der Waals surface area (Å²) in [5.41, 5.74) is 0.130. The third kappa shape index (κ3) is 6.15. The van der Waals surface area contributed by atoms with E-state index in [2.05, 4.69) is 36.8 Å². The highest BCUT2D eigenvalue weighted by molar-refractivity contribution is 9.10. The van der Waals surface area contributed by atoms with Crippen molar-refractivity contribution >= 4 is 62.3 Å². The minimum Gasteiger partial charge on any atom is -0.362 e. The molecule has 0 aliphatic rings. The second-order valence-electron chi connectivity index (χ2n) is 6.82. The Kier molecular flexibility index (Phi) is 8.07. The van der Waals surface area contributed by atoms with E-state index in [1.807, 2.05) is 24.3 Å². The van der Waals surface area contributed by atoms with Crippen LogP contribution in [0.5, 0.6) is 0 Å². The average molecular weight is 570 g/mol. The maximum Gasteiger partial charge on any atom is 0.436 e. The van der Waals surface area contributed by atoms with Crippen molar-refractivity contribution in [1.82, 2.24) is 24.9 Å². The number of hydrogen-bond acceptors (Lipinski definition) is 3. The normalized spacial score (nSPS) is 11.6. The predicted molar refractivity (Wildman–Crippen MR) is 126 cm³/mol. The van der Waals surface area contributed by atoms with Crippen molar-refractivity contribution in [2.45, 2.75) is 32.6 Å². The molecule has 13 heteroatoms. The Morgan fingerprint density at radius 3 is 2.59 bits per heavy atom. The summed E-state index contributed by atoms with van der Waals surface area (Å²) >= 11 is 20.7. The van der Waals surface area contributed by atoms with Gasteiger partial charge in [0.05, 0.1) is 21.7 Å². The first-order valence-corrected chi connectivity index (χ1v) is 11.3. The number of nitrogens with one attached hydrogen (secondary N) is 2. The van der Waals surface area contributed by atoms with E-state index in [9.17, 15) is 13.2 Å². The molecule has 0 fully saturated rings. The average Bonchev–Trinajstić information content (AvgIpc) is 3.20. The number of nitrogens with zero attached hydrogens (tertiary/aromatic N) is 4. The van der Waals surface area contributed by atoms with Gasteiger partial charge in [0, 0.05) is 24.3 Å². The number of thiocarbonyl (C=S) groups is 1. The number of alkyl halides is 3. The van der Waals surface area contributed by atoms with Gasteiger partial charge in [-0.25, -0.2) is 0 Å². The third-order valence-corrected chi connectivity index (χ3v) is 6.12. The van der Waals surface area contributed by atoms with Crippen LogP contribution in [0.3, 0.4) is 0 Å². The first-order valence-electron chi connectivity index (χ1n) is 9.37. The molecule has 0 bridgehead atoms. The lowest BCUT2D eigenvalue weighted by molar-refractivity contribution is -0.141. The highest BCUT2D eigenvalue weighted by Gasteiger charge is 2.38. The zero-order valence-electron chi connectivity index (χ0n) is 16.7. The molecule has 3 aromatic rings. The molecule has 0 aliphatic carbocycles. The molecule has 1 aromatic carbocycles. The summed E-state index contributed by atoms with van der Waals surface area (Å²) in [4.78, 5) is 0. The van der Waals surface area contributed by atoms with E-state index in [0.717, 1.165) is 10.0 Å². The van der Waals surface area contributed by atoms with Crippen LogP contribution in [-0.2, 0) is 19.3 Å². The summed E-state index contributed by atoms with van der Waals surface area (Å²) in [5.74, 6) is 0.527. The van der Waals surface area contributed by atoms with Gasteiger partial charge in [0.15, 0.2) is 16.6 Å². The van der Waals surface area contributed by atoms with Crippen molar-refractivity contribution in [1.29, 1.82) is 0 Å². The topological polar surface area (TPSA) is 59.7 Å². The summed E-state index contributed by atoms with van der Waals surface area (Å²) in [6.07, 6.45) is -2.30. The van der Waals surface area contributed by atoms with Crippen LogP contribution in [0.15, 0.2) is 34.9 Å². The quantitative estimate of drug-likeness (QED) is 0.274. The molecule has 172 valence electrons. The van der Waals surface area contributed by atoms with E-state index in [1.165, 1.54) is 11.6 Å². The molecule has 0 aliphatic heterocycles. The predicted octanol–water partition coefficient (Wildman–Crippen LogP) is 5.90. The monoisotopic (exact) mass is 568 g/mol. The number of rotatable bonds is 7. The van der Waals surface area contributed by atoms with E-state index < -0.39 is 11.9 Å². The van der Waals surface area contributed by atoms with Gasteiger partial charge in [-0.05, 0) is 53.1 Å². The van der Waals surface area contributed by atoms with Crippen molar-refractivity contribution in [3.63, 3.8) is 0 Å². The summed E-state index contributed by atoms with van der Waals surface area (Å²) in [5, 5.41) is 14.6. The number of halogens is 6. The number of aromatic nitrogens is 4. The van der Waals surface area contributed by atoms with Crippen molar-refractivity contribution in [2.75, 3.05) is 11.9 Å². The fourth-order valence-electron chi connectivity index (χ4n) is 2.87. The Hall–Kier alpha value is -1.82. The van der Waals surface area contributed by atoms with Crippen molar-refractivity contribution in [2.24, 2.45) is 0 Å². The highest BCUT2D eigenvalue weighted by Crippen LogP contribution is 2.35. The van der Waals surface area contributed by atoms with Crippen LogP contribution in [0.1, 0.15) is 23.4 Å². The Balaban J connectivity index is 1.50. The molecule has 6 nitrogen and oxygen atoms in total. The lowest BCUT2D eigenvalue weighted by atomic mass is 10.2. The molecule has 32 heavy (non-hydrogen) atoms. The van der Waals surface area contributed by atoms with E-state index in [1.54, 1.807) is 10.9 Å². The first kappa shape index (κ1) is 24.8. The van der Waals surface area contributed by atoms with Crippen LogP contribution in [0.4, 0.5) is 19.0 Å². The van der Waals surface area contributed by atoms with Gasteiger partial charge >= 0.3 is 6.18 Å². The maximum absolute atomic E-state index is 12.9. The number of hydrogen-bond donors (Lipinski definition) is 2. The number of benzene rings is 1. The van der Waals surface area contributed by atoms with Gasteiger partial charge in [-0.1, -0.05) is 41.4 Å². The van der Waals surface area contributed by atoms with Gasteiger partial charge in [-0.2, -0.15) is 23.4 Å². The molecule has 0 unspecified atom stereocenters. The lowest BCUT2D eigenvalue weighted by Crippen LogP contribution is -2.30. The van der Waals surface area contributed by atoms with Crippen molar-refractivity contribution in [3.05, 3.63) is 61.9 Å². The summed E-state index contributed by atoms with van der Waals surface area (Å²) in [6, 6.07) is 7.50. The Morgan fingerprint density at radius 2 is 1.94 bits per heavy atom. The molecular formula is C19H18BrCl2F3N6S. The van der Waals surface area contributed by atoms with Gasteiger partial charge in [-0.3, -0.25) is 9.36 Å². The second-order valence-corrected chi connectivity index (χ2v) is 8.87. The zero-order chi connectivity index (χ0) is 23.5. The van der Waals surface area contributed by atoms with Crippen LogP contribution in [0.25, 0.3) is 0 Å². The largest absolute Gasteiger partial charge is 0.436 e. The third-order valence-electron chi connectivity index (χ3n) is 4.47. The number of aryl methyl sites for hydroxylation is 1. The van der Waals surface area contributed by atoms with E-state index >= 15 is 0 Å². The van der Waals surface area contributed by atoms with Crippen LogP contribution >= 0.6 is 51.3 Å². The van der Waals surface area contributed by atoms with Gasteiger partial charge in [0.1, 0.15) is 0 Å². The number of anilines is 1. The Morgan fingerprint density at radius 1 is 1.22 bits per heavy atom. The molecule has 0 saturated heterocycles. The van der Waals surface area contributed by atoms with Gasteiger partial charge < -0.3 is 10.6 Å². The summed E-state index contributed by atoms with van der Waals surface area (Å²) < 4.78 is 42.4. The summed E-state index contributed by atoms with van der Waals surface area (Å²) in [6.45, 7) is 2.67. The molecule has 0 saturated carbocycles. The van der Waals surface area contributed by atoms with Crippen LogP contribution < -0.4 is 10.6 Å². The zero-order valence-corrected chi connectivity index (χ0v) is 20.6. The molecule has 0 spiro atoms. The highest BCUT2D eigenvalue weighted by atomic mass is 79.9. The fourth-order valence-corrected chi connectivity index (χ4v) is 3.92. The molecule has 3 rings (SSSR count). The Labute approximate surface area is 206 Å². The van der Waals surface area contributed by atoms with Crippen LogP contribution in [-0.4, -0.2) is 31.2 Å². The van der Waals surface area contributed by atoms with Crippen LogP contribution in [0, 0.1) is 6.92 Å². The molecule has 2 heterocycles. The minimum atomic E-state index is -4.58. The molecular weight excluding hydrogens is 552 g/mol. The second kappa shape index (κ2) is 10.4. The smallest absolute Gasteiger partial charge is 0.362 e. The Bertz CT molecular complexity index is 1120. The summed E-state index contributed by atoms with van der Waals surface area (Å²) in [7, 11) is 0. The fraction of sp³-hybridized carbons (Fsp3) is 0.316. The molecule has 2 aromatic heterocycles. The molecule has 0 radical (unpaired) electrons. The molecule has 0 amide bonds. The molecule has 2 N–H and O–H groups in total. The van der Waals surface area contributed by atoms with E-state index in [0.29, 0.717) is 35.5 Å².